The van der Waals surface area contributed by atoms with E-state index in [1.165, 1.54) is 25.9 Å². The summed E-state index contributed by atoms with van der Waals surface area (Å²) in [5, 5.41) is 12.4. The lowest BCUT2D eigenvalue weighted by molar-refractivity contribution is 0.251. The molecule has 0 aromatic heterocycles. The van der Waals surface area contributed by atoms with Crippen LogP contribution in [0, 0.1) is 11.3 Å². The second kappa shape index (κ2) is 7.28. The molecular formula is C16H23N3O. The van der Waals surface area contributed by atoms with Crippen molar-refractivity contribution in [2.24, 2.45) is 0 Å². The van der Waals surface area contributed by atoms with Crippen molar-refractivity contribution in [3.63, 3.8) is 0 Å². The first-order chi connectivity index (χ1) is 9.74. The number of methoxy groups -OCH3 is 1. The largest absolute Gasteiger partial charge is 0.496 e. The van der Waals surface area contributed by atoms with Gasteiger partial charge in [0.25, 0.3) is 0 Å². The zero-order chi connectivity index (χ0) is 14.4. The van der Waals surface area contributed by atoms with E-state index in [9.17, 15) is 0 Å². The molecule has 1 atom stereocenters. The number of hydrogen-bond acceptors (Lipinski definition) is 4. The number of nitrogens with zero attached hydrogens (tertiary/aromatic N) is 2. The van der Waals surface area contributed by atoms with Crippen LogP contribution in [0.25, 0.3) is 0 Å². The van der Waals surface area contributed by atoms with Crippen LogP contribution in [-0.4, -0.2) is 37.7 Å². The maximum atomic E-state index is 8.96. The van der Waals surface area contributed by atoms with Crippen LogP contribution in [0.15, 0.2) is 18.2 Å². The lowest BCUT2D eigenvalue weighted by Crippen LogP contribution is -2.38. The molecule has 2 rings (SSSR count). The first-order valence-corrected chi connectivity index (χ1v) is 7.26. The van der Waals surface area contributed by atoms with Crippen LogP contribution in [-0.2, 0) is 6.54 Å². The molecule has 1 N–H and O–H groups in total. The summed E-state index contributed by atoms with van der Waals surface area (Å²) in [5.74, 6) is 0.838. The molecule has 108 valence electrons. The van der Waals surface area contributed by atoms with Crippen molar-refractivity contribution in [2.75, 3.05) is 26.7 Å². The number of rotatable bonds is 6. The van der Waals surface area contributed by atoms with E-state index in [0.717, 1.165) is 24.4 Å². The molecule has 4 nitrogen and oxygen atoms in total. The van der Waals surface area contributed by atoms with Gasteiger partial charge in [-0.3, -0.25) is 4.90 Å². The summed E-state index contributed by atoms with van der Waals surface area (Å²) in [6.07, 6.45) is 2.64. The highest BCUT2D eigenvalue weighted by molar-refractivity contribution is 5.41. The molecule has 0 saturated carbocycles. The Morgan fingerprint density at radius 3 is 2.80 bits per heavy atom. The zero-order valence-corrected chi connectivity index (χ0v) is 12.4. The molecule has 1 aromatic carbocycles. The van der Waals surface area contributed by atoms with Crippen LogP contribution in [0.5, 0.6) is 5.75 Å². The lowest BCUT2D eigenvalue weighted by atomic mass is 10.1. The molecule has 1 saturated heterocycles. The van der Waals surface area contributed by atoms with E-state index in [1.54, 1.807) is 13.2 Å². The number of hydrogen-bond donors (Lipinski definition) is 1. The quantitative estimate of drug-likeness (QED) is 0.862. The summed E-state index contributed by atoms with van der Waals surface area (Å²) in [5.41, 5.74) is 1.72. The summed E-state index contributed by atoms with van der Waals surface area (Å²) in [7, 11) is 1.66. The van der Waals surface area contributed by atoms with Gasteiger partial charge in [0.1, 0.15) is 5.75 Å². The molecule has 0 aliphatic carbocycles. The molecule has 4 heteroatoms. The van der Waals surface area contributed by atoms with Crippen molar-refractivity contribution in [2.45, 2.75) is 32.4 Å². The van der Waals surface area contributed by atoms with Crippen molar-refractivity contribution >= 4 is 0 Å². The topological polar surface area (TPSA) is 48.3 Å². The zero-order valence-electron chi connectivity index (χ0n) is 12.4. The van der Waals surface area contributed by atoms with Gasteiger partial charge < -0.3 is 10.1 Å². The normalized spacial score (nSPS) is 16.9. The van der Waals surface area contributed by atoms with Crippen molar-refractivity contribution in [1.29, 1.82) is 5.26 Å². The smallest absolute Gasteiger partial charge is 0.123 e. The fraction of sp³-hybridized carbons (Fsp3) is 0.562. The van der Waals surface area contributed by atoms with Gasteiger partial charge in [-0.2, -0.15) is 5.26 Å². The first-order valence-electron chi connectivity index (χ1n) is 7.26. The molecule has 20 heavy (non-hydrogen) atoms. The van der Waals surface area contributed by atoms with Crippen LogP contribution in [0.1, 0.15) is 30.9 Å². The highest BCUT2D eigenvalue weighted by Crippen LogP contribution is 2.19. The average Bonchev–Trinajstić information content (AvgIpc) is 3.01. The molecule has 1 aliphatic heterocycles. The molecule has 1 unspecified atom stereocenters. The monoisotopic (exact) mass is 273 g/mol. The Labute approximate surface area is 121 Å². The van der Waals surface area contributed by atoms with Crippen molar-refractivity contribution in [3.05, 3.63) is 29.3 Å². The van der Waals surface area contributed by atoms with Gasteiger partial charge in [-0.15, -0.1) is 0 Å². The van der Waals surface area contributed by atoms with Crippen LogP contribution >= 0.6 is 0 Å². The highest BCUT2D eigenvalue weighted by Gasteiger charge is 2.17. The molecule has 0 bridgehead atoms. The minimum Gasteiger partial charge on any atom is -0.496 e. The second-order valence-corrected chi connectivity index (χ2v) is 5.36. The van der Waals surface area contributed by atoms with Gasteiger partial charge in [0.2, 0.25) is 0 Å². The van der Waals surface area contributed by atoms with Gasteiger partial charge in [0.05, 0.1) is 18.7 Å². The van der Waals surface area contributed by atoms with Crippen LogP contribution in [0.4, 0.5) is 0 Å². The van der Waals surface area contributed by atoms with Gasteiger partial charge >= 0.3 is 0 Å². The maximum Gasteiger partial charge on any atom is 0.123 e. The summed E-state index contributed by atoms with van der Waals surface area (Å²) in [6, 6.07) is 8.27. The predicted molar refractivity (Wildman–Crippen MR) is 79.7 cm³/mol. The summed E-state index contributed by atoms with van der Waals surface area (Å²) in [4.78, 5) is 2.52. The molecule has 0 spiro atoms. The predicted octanol–water partition coefficient (Wildman–Crippen LogP) is 2.14. The van der Waals surface area contributed by atoms with E-state index < -0.39 is 0 Å². The maximum absolute atomic E-state index is 8.96. The number of ether oxygens (including phenoxy) is 1. The Balaban J connectivity index is 1.88. The SMILES string of the molecule is COc1ccc(C#N)cc1CNCC(C)N1CCCC1. The summed E-state index contributed by atoms with van der Waals surface area (Å²) in [6.45, 7) is 6.39. The molecule has 1 fully saturated rings. The third-order valence-corrected chi connectivity index (χ3v) is 3.93. The Kier molecular flexibility index (Phi) is 5.40. The molecule has 1 aliphatic rings. The van der Waals surface area contributed by atoms with E-state index in [2.05, 4.69) is 23.2 Å². The minimum absolute atomic E-state index is 0.558. The van der Waals surface area contributed by atoms with E-state index in [-0.39, 0.29) is 0 Å². The van der Waals surface area contributed by atoms with E-state index >= 15 is 0 Å². The minimum atomic E-state index is 0.558. The van der Waals surface area contributed by atoms with E-state index in [4.69, 9.17) is 10.00 Å². The van der Waals surface area contributed by atoms with Gasteiger partial charge in [-0.1, -0.05) is 0 Å². The van der Waals surface area contributed by atoms with Crippen molar-refractivity contribution < 1.29 is 4.74 Å². The van der Waals surface area contributed by atoms with Gasteiger partial charge in [-0.05, 0) is 51.1 Å². The third kappa shape index (κ3) is 3.72. The number of nitrogens with one attached hydrogen (secondary N) is 1. The molecule has 0 amide bonds. The average molecular weight is 273 g/mol. The Bertz CT molecular complexity index is 475. The first kappa shape index (κ1) is 14.8. The molecular weight excluding hydrogens is 250 g/mol. The van der Waals surface area contributed by atoms with E-state index in [0.29, 0.717) is 11.6 Å². The van der Waals surface area contributed by atoms with Crippen LogP contribution < -0.4 is 10.1 Å². The summed E-state index contributed by atoms with van der Waals surface area (Å²) >= 11 is 0. The highest BCUT2D eigenvalue weighted by atomic mass is 16.5. The van der Waals surface area contributed by atoms with E-state index in [1.807, 2.05) is 12.1 Å². The van der Waals surface area contributed by atoms with Crippen molar-refractivity contribution in [1.82, 2.24) is 10.2 Å². The standard InChI is InChI=1S/C16H23N3O/c1-13(19-7-3-4-8-19)11-18-12-15-9-14(10-17)5-6-16(15)20-2/h5-6,9,13,18H,3-4,7-8,11-12H2,1-2H3. The Morgan fingerprint density at radius 2 is 2.15 bits per heavy atom. The van der Waals surface area contributed by atoms with Gasteiger partial charge in [0.15, 0.2) is 0 Å². The number of nitriles is 1. The van der Waals surface area contributed by atoms with Crippen molar-refractivity contribution in [3.8, 4) is 11.8 Å². The van der Waals surface area contributed by atoms with Crippen LogP contribution in [0.3, 0.4) is 0 Å². The Hall–Kier alpha value is -1.57. The molecule has 0 radical (unpaired) electrons. The Morgan fingerprint density at radius 1 is 1.40 bits per heavy atom. The lowest BCUT2D eigenvalue weighted by Gasteiger charge is -2.24. The summed E-state index contributed by atoms with van der Waals surface area (Å²) < 4.78 is 5.34. The van der Waals surface area contributed by atoms with Crippen LogP contribution in [0.2, 0.25) is 0 Å². The fourth-order valence-corrected chi connectivity index (χ4v) is 2.71. The van der Waals surface area contributed by atoms with Gasteiger partial charge in [0, 0.05) is 24.7 Å². The molecule has 1 aromatic rings. The second-order valence-electron chi connectivity index (χ2n) is 5.36. The number of benzene rings is 1. The third-order valence-electron chi connectivity index (χ3n) is 3.93. The number of likely N-dealkylation sites (tertiary alicyclic amines) is 1. The molecule has 1 heterocycles. The fourth-order valence-electron chi connectivity index (χ4n) is 2.71. The van der Waals surface area contributed by atoms with Gasteiger partial charge in [-0.25, -0.2) is 0 Å².